The fourth-order valence-corrected chi connectivity index (χ4v) is 3.27. The van der Waals surface area contributed by atoms with Crippen molar-refractivity contribution >= 4 is 17.7 Å². The van der Waals surface area contributed by atoms with E-state index in [1.807, 2.05) is 4.57 Å². The number of rotatable bonds is 6. The van der Waals surface area contributed by atoms with E-state index < -0.39 is 0 Å². The quantitative estimate of drug-likeness (QED) is 0.646. The zero-order valence-corrected chi connectivity index (χ0v) is 12.7. The van der Waals surface area contributed by atoms with Gasteiger partial charge in [-0.1, -0.05) is 37.6 Å². The standard InChI is InChI=1S/C14H22N4OS/c1-3-8-18-10-15-17-14(18)20-9-13(19)16-12-7-5-4-6-11(12)2/h3,10-12H,1,4-9H2,2H3,(H,16,19). The third kappa shape index (κ3) is 4.10. The topological polar surface area (TPSA) is 59.8 Å². The summed E-state index contributed by atoms with van der Waals surface area (Å²) < 4.78 is 1.88. The van der Waals surface area contributed by atoms with E-state index in [4.69, 9.17) is 0 Å². The molecule has 2 rings (SSSR count). The molecule has 1 aliphatic rings. The molecule has 1 aromatic rings. The third-order valence-electron chi connectivity index (χ3n) is 3.70. The van der Waals surface area contributed by atoms with Crippen molar-refractivity contribution in [2.75, 3.05) is 5.75 Å². The van der Waals surface area contributed by atoms with Gasteiger partial charge in [0.05, 0.1) is 5.75 Å². The fourth-order valence-electron chi connectivity index (χ4n) is 2.53. The van der Waals surface area contributed by atoms with Crippen molar-refractivity contribution in [1.29, 1.82) is 0 Å². The van der Waals surface area contributed by atoms with Gasteiger partial charge in [0.15, 0.2) is 5.16 Å². The number of hydrogen-bond donors (Lipinski definition) is 1. The highest BCUT2D eigenvalue weighted by molar-refractivity contribution is 7.99. The maximum Gasteiger partial charge on any atom is 0.230 e. The predicted octanol–water partition coefficient (Wildman–Crippen LogP) is 2.25. The molecule has 20 heavy (non-hydrogen) atoms. The fraction of sp³-hybridized carbons (Fsp3) is 0.643. The van der Waals surface area contributed by atoms with E-state index in [0.29, 0.717) is 24.3 Å². The predicted molar refractivity (Wildman–Crippen MR) is 80.5 cm³/mol. The maximum absolute atomic E-state index is 12.0. The average Bonchev–Trinajstić information content (AvgIpc) is 2.87. The molecule has 1 fully saturated rings. The van der Waals surface area contributed by atoms with E-state index in [1.165, 1.54) is 31.0 Å². The first-order valence-electron chi connectivity index (χ1n) is 7.11. The minimum absolute atomic E-state index is 0.0851. The number of allylic oxidation sites excluding steroid dienone is 1. The molecule has 1 aliphatic carbocycles. The number of aromatic nitrogens is 3. The normalized spacial score (nSPS) is 22.4. The molecule has 110 valence electrons. The van der Waals surface area contributed by atoms with Crippen LogP contribution in [0, 0.1) is 5.92 Å². The van der Waals surface area contributed by atoms with Gasteiger partial charge >= 0.3 is 0 Å². The number of thioether (sulfide) groups is 1. The van der Waals surface area contributed by atoms with Crippen LogP contribution in [0.25, 0.3) is 0 Å². The van der Waals surface area contributed by atoms with Gasteiger partial charge in [0.25, 0.3) is 0 Å². The van der Waals surface area contributed by atoms with Crippen LogP contribution >= 0.6 is 11.8 Å². The molecule has 1 amide bonds. The Balaban J connectivity index is 1.79. The summed E-state index contributed by atoms with van der Waals surface area (Å²) >= 11 is 1.42. The highest BCUT2D eigenvalue weighted by atomic mass is 32.2. The summed E-state index contributed by atoms with van der Waals surface area (Å²) in [5.41, 5.74) is 0. The summed E-state index contributed by atoms with van der Waals surface area (Å²) in [5.74, 6) is 1.06. The van der Waals surface area contributed by atoms with Gasteiger partial charge in [0.2, 0.25) is 5.91 Å². The van der Waals surface area contributed by atoms with E-state index in [9.17, 15) is 4.79 Å². The van der Waals surface area contributed by atoms with Crippen molar-refractivity contribution in [1.82, 2.24) is 20.1 Å². The second-order valence-electron chi connectivity index (χ2n) is 5.28. The first-order chi connectivity index (χ1) is 9.70. The van der Waals surface area contributed by atoms with Crippen LogP contribution in [0.5, 0.6) is 0 Å². The Labute approximate surface area is 124 Å². The summed E-state index contributed by atoms with van der Waals surface area (Å²) in [6, 6.07) is 0.336. The van der Waals surface area contributed by atoms with E-state index in [-0.39, 0.29) is 5.91 Å². The molecule has 1 saturated carbocycles. The molecular formula is C14H22N4OS. The lowest BCUT2D eigenvalue weighted by molar-refractivity contribution is -0.119. The highest BCUT2D eigenvalue weighted by Crippen LogP contribution is 2.24. The molecule has 1 heterocycles. The molecule has 1 aromatic heterocycles. The van der Waals surface area contributed by atoms with Crippen molar-refractivity contribution in [2.24, 2.45) is 5.92 Å². The molecule has 0 spiro atoms. The minimum atomic E-state index is 0.0851. The van der Waals surface area contributed by atoms with Crippen LogP contribution in [0.2, 0.25) is 0 Å². The molecule has 0 saturated heterocycles. The zero-order chi connectivity index (χ0) is 14.4. The summed E-state index contributed by atoms with van der Waals surface area (Å²) in [5, 5.41) is 11.8. The molecule has 2 unspecified atom stereocenters. The number of amides is 1. The van der Waals surface area contributed by atoms with Gasteiger partial charge in [0, 0.05) is 12.6 Å². The molecule has 0 aliphatic heterocycles. The van der Waals surface area contributed by atoms with Crippen LogP contribution in [0.15, 0.2) is 24.1 Å². The van der Waals surface area contributed by atoms with Crippen LogP contribution in [0.3, 0.4) is 0 Å². The smallest absolute Gasteiger partial charge is 0.230 e. The Hall–Kier alpha value is -1.30. The SMILES string of the molecule is C=CCn1cnnc1SCC(=O)NC1CCCCC1C. The summed E-state index contributed by atoms with van der Waals surface area (Å²) in [6.45, 7) is 6.58. The summed E-state index contributed by atoms with van der Waals surface area (Å²) in [6.07, 6.45) is 8.27. The molecular weight excluding hydrogens is 272 g/mol. The molecule has 5 nitrogen and oxygen atoms in total. The monoisotopic (exact) mass is 294 g/mol. The Morgan fingerprint density at radius 3 is 3.15 bits per heavy atom. The van der Waals surface area contributed by atoms with Crippen LogP contribution < -0.4 is 5.32 Å². The van der Waals surface area contributed by atoms with Crippen LogP contribution in [-0.2, 0) is 11.3 Å². The van der Waals surface area contributed by atoms with Crippen molar-refractivity contribution < 1.29 is 4.79 Å². The molecule has 0 bridgehead atoms. The lowest BCUT2D eigenvalue weighted by atomic mass is 9.86. The molecule has 0 aromatic carbocycles. The summed E-state index contributed by atoms with van der Waals surface area (Å²) in [7, 11) is 0. The average molecular weight is 294 g/mol. The van der Waals surface area contributed by atoms with Gasteiger partial charge in [-0.15, -0.1) is 16.8 Å². The number of carbonyl (C=O) groups excluding carboxylic acids is 1. The van der Waals surface area contributed by atoms with Crippen molar-refractivity contribution in [3.63, 3.8) is 0 Å². The van der Waals surface area contributed by atoms with Crippen LogP contribution in [-0.4, -0.2) is 32.5 Å². The second-order valence-corrected chi connectivity index (χ2v) is 6.22. The first kappa shape index (κ1) is 15.1. The molecule has 6 heteroatoms. The van der Waals surface area contributed by atoms with E-state index in [0.717, 1.165) is 11.6 Å². The van der Waals surface area contributed by atoms with Crippen LogP contribution in [0.1, 0.15) is 32.6 Å². The maximum atomic E-state index is 12.0. The Morgan fingerprint density at radius 2 is 2.40 bits per heavy atom. The van der Waals surface area contributed by atoms with Crippen molar-refractivity contribution in [2.45, 2.75) is 50.4 Å². The molecule has 1 N–H and O–H groups in total. The van der Waals surface area contributed by atoms with Gasteiger partial charge in [0.1, 0.15) is 6.33 Å². The number of nitrogens with one attached hydrogen (secondary N) is 1. The second kappa shape index (κ2) is 7.47. The van der Waals surface area contributed by atoms with Gasteiger partial charge in [-0.2, -0.15) is 0 Å². The lowest BCUT2D eigenvalue weighted by Crippen LogP contribution is -2.41. The van der Waals surface area contributed by atoms with E-state index in [1.54, 1.807) is 12.4 Å². The minimum Gasteiger partial charge on any atom is -0.352 e. The van der Waals surface area contributed by atoms with E-state index in [2.05, 4.69) is 29.0 Å². The van der Waals surface area contributed by atoms with Crippen LogP contribution in [0.4, 0.5) is 0 Å². The molecule has 0 radical (unpaired) electrons. The van der Waals surface area contributed by atoms with E-state index >= 15 is 0 Å². The van der Waals surface area contributed by atoms with Crippen molar-refractivity contribution in [3.8, 4) is 0 Å². The van der Waals surface area contributed by atoms with Gasteiger partial charge < -0.3 is 9.88 Å². The van der Waals surface area contributed by atoms with Gasteiger partial charge in [-0.3, -0.25) is 4.79 Å². The number of hydrogen-bond acceptors (Lipinski definition) is 4. The Kier molecular flexibility index (Phi) is 5.64. The Morgan fingerprint density at radius 1 is 1.60 bits per heavy atom. The Bertz CT molecular complexity index is 460. The van der Waals surface area contributed by atoms with Gasteiger partial charge in [-0.05, 0) is 18.8 Å². The number of nitrogens with zero attached hydrogens (tertiary/aromatic N) is 3. The number of carbonyl (C=O) groups is 1. The highest BCUT2D eigenvalue weighted by Gasteiger charge is 2.22. The third-order valence-corrected chi connectivity index (χ3v) is 4.68. The molecule has 2 atom stereocenters. The van der Waals surface area contributed by atoms with Gasteiger partial charge in [-0.25, -0.2) is 0 Å². The van der Waals surface area contributed by atoms with Crippen molar-refractivity contribution in [3.05, 3.63) is 19.0 Å². The summed E-state index contributed by atoms with van der Waals surface area (Å²) in [4.78, 5) is 12.0. The lowest BCUT2D eigenvalue weighted by Gasteiger charge is -2.29. The largest absolute Gasteiger partial charge is 0.352 e. The zero-order valence-electron chi connectivity index (χ0n) is 11.9. The first-order valence-corrected chi connectivity index (χ1v) is 8.10.